The monoisotopic (exact) mass is 1570 g/mol. The van der Waals surface area contributed by atoms with Crippen molar-refractivity contribution in [1.29, 1.82) is 0 Å². The van der Waals surface area contributed by atoms with Gasteiger partial charge in [-0.1, -0.05) is 115 Å². The Morgan fingerprint density at radius 3 is 0.963 bits per heavy atom. The fraction of sp³-hybridized carbons (Fsp3) is 0.218. The van der Waals surface area contributed by atoms with Crippen LogP contribution in [-0.4, -0.2) is 106 Å². The minimum Gasteiger partial charge on any atom is -0.340 e. The van der Waals surface area contributed by atoms with Crippen molar-refractivity contribution < 1.29 is 64.8 Å². The van der Waals surface area contributed by atoms with Crippen LogP contribution in [0.15, 0.2) is 252 Å². The lowest BCUT2D eigenvalue weighted by atomic mass is 9.97. The lowest BCUT2D eigenvalue weighted by molar-refractivity contribution is -0.138. The van der Waals surface area contributed by atoms with Crippen LogP contribution in [0.2, 0.25) is 0 Å². The number of Topliss-reactive ketones (excluding diaryl/α,β-unsaturated/α-hetero) is 1. The van der Waals surface area contributed by atoms with Crippen molar-refractivity contribution in [1.82, 2.24) is 57.1 Å². The summed E-state index contributed by atoms with van der Waals surface area (Å²) in [6, 6.07) is 49.0. The minimum atomic E-state index is -4.39. The minimum absolute atomic E-state index is 0.0352. The van der Waals surface area contributed by atoms with Gasteiger partial charge >= 0.3 is 12.4 Å². The van der Waals surface area contributed by atoms with Crippen molar-refractivity contribution in [2.45, 2.75) is 76.9 Å². The number of halogens is 6. The summed E-state index contributed by atoms with van der Waals surface area (Å²) < 4.78 is 191. The first-order valence-electron chi connectivity index (χ1n) is 33.7. The molecular weight excluding hydrogens is 1490 g/mol. The van der Waals surface area contributed by atoms with E-state index in [1.54, 1.807) is 125 Å². The molecule has 109 heavy (non-hydrogen) atoms. The van der Waals surface area contributed by atoms with Crippen molar-refractivity contribution in [3.05, 3.63) is 288 Å². The van der Waals surface area contributed by atoms with E-state index in [9.17, 15) is 64.8 Å². The molecule has 12 aromatic rings. The molecule has 0 amide bonds. The van der Waals surface area contributed by atoms with E-state index in [0.29, 0.717) is 70.6 Å². The maximum Gasteiger partial charge on any atom is 0.416 e. The Hall–Kier alpha value is -10.5. The molecular formula is C78H80F6N12O9S4. The number of hydrogen-bond donors (Lipinski definition) is 4. The number of rotatable bonds is 24. The molecule has 0 unspecified atom stereocenters. The van der Waals surface area contributed by atoms with Crippen LogP contribution in [0.1, 0.15) is 60.4 Å². The summed E-state index contributed by atoms with van der Waals surface area (Å²) in [4.78, 5) is 30.5. The van der Waals surface area contributed by atoms with E-state index in [1.807, 2.05) is 74.4 Å². The largest absolute Gasteiger partial charge is 0.416 e. The Bertz CT molecular complexity index is 5620. The van der Waals surface area contributed by atoms with Gasteiger partial charge in [0.1, 0.15) is 0 Å². The number of benzene rings is 8. The normalized spacial score (nSPS) is 11.9. The average Bonchev–Trinajstić information content (AvgIpc) is 1.80. The van der Waals surface area contributed by atoms with E-state index in [2.05, 4.69) is 51.0 Å². The molecule has 0 radical (unpaired) electrons. The highest BCUT2D eigenvalue weighted by Gasteiger charge is 2.32. The SMILES string of the molecule is CNS(=O)(=O)c1ccc(CC(=O)c2ccccc2)c(-c2cn(C)cn2)c1.CNS(=O)(=O)c1ccc(CCc2ccc(C(F)(F)F)cc2)c(-c2cn(C)cn2)c1.CNS(=O)(=O)c1ccc(CCc2cccc(C(F)(F)F)c2)c(-c2cn(C)cn2)c1.CNS(=O)(=O)c1ccc(CCc2ccccc2)c(-c2cn(C)cn2)c1. The molecule has 4 aromatic heterocycles. The van der Waals surface area contributed by atoms with Crippen LogP contribution in [0, 0.1) is 0 Å². The number of carbonyl (C=O) groups is 1. The van der Waals surface area contributed by atoms with Gasteiger partial charge in [-0.2, -0.15) is 26.3 Å². The second kappa shape index (κ2) is 35.7. The van der Waals surface area contributed by atoms with E-state index < -0.39 is 63.6 Å². The third-order valence-corrected chi connectivity index (χ3v) is 23.1. The first-order chi connectivity index (χ1) is 51.6. The van der Waals surface area contributed by atoms with E-state index >= 15 is 0 Å². The Morgan fingerprint density at radius 2 is 0.642 bits per heavy atom. The van der Waals surface area contributed by atoms with Crippen molar-refractivity contribution in [3.63, 3.8) is 0 Å². The van der Waals surface area contributed by atoms with Gasteiger partial charge in [-0.15, -0.1) is 0 Å². The molecule has 0 aliphatic heterocycles. The molecule has 4 heterocycles. The van der Waals surface area contributed by atoms with Gasteiger partial charge in [-0.25, -0.2) is 72.5 Å². The van der Waals surface area contributed by atoms with Crippen molar-refractivity contribution in [2.75, 3.05) is 28.2 Å². The Morgan fingerprint density at radius 1 is 0.339 bits per heavy atom. The van der Waals surface area contributed by atoms with Crippen molar-refractivity contribution in [3.8, 4) is 45.0 Å². The number of aromatic nitrogens is 8. The number of aryl methyl sites for hydroxylation is 10. The molecule has 0 atom stereocenters. The number of hydrogen-bond acceptors (Lipinski definition) is 13. The summed E-state index contributed by atoms with van der Waals surface area (Å²) in [5.41, 5.74) is 10.7. The molecule has 12 rings (SSSR count). The summed E-state index contributed by atoms with van der Waals surface area (Å²) in [7, 11) is -1.54. The molecule has 21 nitrogen and oxygen atoms in total. The predicted octanol–water partition coefficient (Wildman–Crippen LogP) is 12.8. The summed E-state index contributed by atoms with van der Waals surface area (Å²) in [5, 5.41) is 0. The maximum atomic E-state index is 12.9. The van der Waals surface area contributed by atoms with E-state index in [1.165, 1.54) is 76.2 Å². The van der Waals surface area contributed by atoms with Crippen LogP contribution in [0.3, 0.4) is 0 Å². The van der Waals surface area contributed by atoms with Gasteiger partial charge in [0.15, 0.2) is 5.78 Å². The van der Waals surface area contributed by atoms with Crippen LogP contribution in [0.5, 0.6) is 0 Å². The number of carbonyl (C=O) groups excluding carboxylic acids is 1. The van der Waals surface area contributed by atoms with Crippen LogP contribution >= 0.6 is 0 Å². The highest BCUT2D eigenvalue weighted by Crippen LogP contribution is 2.35. The third kappa shape index (κ3) is 22.1. The number of sulfonamides is 4. The molecule has 572 valence electrons. The van der Waals surface area contributed by atoms with Gasteiger partial charge in [-0.3, -0.25) is 4.79 Å². The van der Waals surface area contributed by atoms with Crippen LogP contribution in [0.4, 0.5) is 26.3 Å². The fourth-order valence-corrected chi connectivity index (χ4v) is 14.5. The van der Waals surface area contributed by atoms with Gasteiger partial charge in [0.05, 0.1) is 78.8 Å². The second-order valence-corrected chi connectivity index (χ2v) is 32.7. The number of nitrogens with zero attached hydrogens (tertiary/aromatic N) is 8. The molecule has 0 saturated heterocycles. The molecule has 8 aromatic carbocycles. The summed E-state index contributed by atoms with van der Waals surface area (Å²) in [6.07, 6.45) is 8.78. The summed E-state index contributed by atoms with van der Waals surface area (Å²) >= 11 is 0. The number of imidazole rings is 4. The van der Waals surface area contributed by atoms with E-state index in [-0.39, 0.29) is 31.8 Å². The molecule has 0 saturated carbocycles. The Balaban J connectivity index is 0.000000168. The van der Waals surface area contributed by atoms with Crippen LogP contribution in [-0.2, 0) is 126 Å². The number of ketones is 1. The molecule has 0 fully saturated rings. The lowest BCUT2D eigenvalue weighted by Crippen LogP contribution is -2.18. The third-order valence-electron chi connectivity index (χ3n) is 17.4. The van der Waals surface area contributed by atoms with Crippen LogP contribution < -0.4 is 18.9 Å². The van der Waals surface area contributed by atoms with Crippen LogP contribution in [0.25, 0.3) is 45.0 Å². The molecule has 4 N–H and O–H groups in total. The van der Waals surface area contributed by atoms with Crippen molar-refractivity contribution >= 4 is 45.9 Å². The zero-order chi connectivity index (χ0) is 79.1. The van der Waals surface area contributed by atoms with Gasteiger partial charge in [0, 0.05) is 87.2 Å². The van der Waals surface area contributed by atoms with Gasteiger partial charge in [-0.05, 0) is 172 Å². The first-order valence-corrected chi connectivity index (χ1v) is 39.7. The fourth-order valence-electron chi connectivity index (χ4n) is 11.5. The quantitative estimate of drug-likeness (QED) is 0.0324. The smallest absolute Gasteiger partial charge is 0.340 e. The highest BCUT2D eigenvalue weighted by molar-refractivity contribution is 7.90. The first kappa shape index (κ1) is 82.5. The van der Waals surface area contributed by atoms with E-state index in [0.717, 1.165) is 76.2 Å². The van der Waals surface area contributed by atoms with Gasteiger partial charge in [0.25, 0.3) is 0 Å². The standard InChI is InChI=1S/2C20H20F3N3O2S.C19H19N3O3S.C19H21N3O2S/c1-24-29(27,28)17-10-7-15(18(11-17)19-12-26(2)13-25-19)6-3-14-4-8-16(9-5-14)20(21,22)23;1-24-29(27,28)17-9-8-15(18(11-17)19-12-26(2)13-25-19)7-6-14-4-3-5-16(10-14)20(21,22)23;1-20-26(24,25)16-9-8-15(10-19(23)14-6-4-3-5-7-14)17(11-16)18-12-22(2)13-21-18;1-20-25(23,24)17-11-10-16(9-8-15-6-4-3-5-7-15)18(12-17)19-13-22(2)14-21-19/h4-5,7-13,24H,3,6H2,1-2H3;3-5,8-13,24H,6-7H2,1-2H3;3-9,11-13,20H,10H2,1-2H3;3-7,10-14,20H,8-9H2,1-2H3. The number of nitrogens with one attached hydrogen (secondary N) is 4. The Kier molecular flexibility index (Phi) is 27.0. The summed E-state index contributed by atoms with van der Waals surface area (Å²) in [5.74, 6) is -0.0352. The summed E-state index contributed by atoms with van der Waals surface area (Å²) in [6.45, 7) is 0. The number of alkyl halides is 6. The lowest BCUT2D eigenvalue weighted by Gasteiger charge is -2.12. The molecule has 0 aliphatic carbocycles. The highest BCUT2D eigenvalue weighted by atomic mass is 32.2. The zero-order valence-electron chi connectivity index (χ0n) is 60.5. The molecule has 0 aliphatic rings. The Labute approximate surface area is 630 Å². The van der Waals surface area contributed by atoms with E-state index in [4.69, 9.17) is 0 Å². The van der Waals surface area contributed by atoms with Gasteiger partial charge < -0.3 is 18.3 Å². The molecule has 31 heteroatoms. The molecule has 0 bridgehead atoms. The maximum absolute atomic E-state index is 12.9. The average molecular weight is 1570 g/mol. The zero-order valence-corrected chi connectivity index (χ0v) is 63.8. The molecule has 0 spiro atoms. The van der Waals surface area contributed by atoms with Crippen molar-refractivity contribution in [2.24, 2.45) is 28.2 Å². The second-order valence-electron chi connectivity index (χ2n) is 25.1. The predicted molar refractivity (Wildman–Crippen MR) is 406 cm³/mol. The topological polar surface area (TPSA) is 273 Å². The van der Waals surface area contributed by atoms with Gasteiger partial charge in [0.2, 0.25) is 40.1 Å².